The smallest absolute Gasteiger partial charge is 0.163 e. The van der Waals surface area contributed by atoms with Crippen molar-refractivity contribution in [3.63, 3.8) is 0 Å². The topological polar surface area (TPSA) is 75.5 Å². The van der Waals surface area contributed by atoms with Crippen molar-refractivity contribution >= 4 is 16.9 Å². The standard InChI is InChI=1S/C19H21N7/c1-25(13-15-10-11-20-24-15)18-16-12-21-26(2)19(16)23-17(22-18)9-8-14-6-4-3-5-7-14/h3-7,10-12H,8-9,13H2,1-2H3,(H,20,24). The van der Waals surface area contributed by atoms with Crippen molar-refractivity contribution in [1.29, 1.82) is 0 Å². The van der Waals surface area contributed by atoms with Gasteiger partial charge in [-0.3, -0.25) is 9.78 Å². The Labute approximate surface area is 151 Å². The first-order valence-electron chi connectivity index (χ1n) is 8.62. The van der Waals surface area contributed by atoms with E-state index in [0.29, 0.717) is 6.54 Å². The number of hydrogen-bond acceptors (Lipinski definition) is 5. The van der Waals surface area contributed by atoms with E-state index in [1.807, 2.05) is 32.4 Å². The van der Waals surface area contributed by atoms with E-state index in [1.165, 1.54) is 5.56 Å². The van der Waals surface area contributed by atoms with Gasteiger partial charge in [-0.05, 0) is 18.1 Å². The van der Waals surface area contributed by atoms with E-state index < -0.39 is 0 Å². The molecule has 1 aromatic carbocycles. The largest absolute Gasteiger partial charge is 0.353 e. The molecule has 0 bridgehead atoms. The molecule has 3 heterocycles. The Kier molecular flexibility index (Phi) is 4.35. The van der Waals surface area contributed by atoms with E-state index >= 15 is 0 Å². The molecule has 0 aliphatic carbocycles. The molecule has 3 aromatic heterocycles. The van der Waals surface area contributed by atoms with Crippen LogP contribution in [0.4, 0.5) is 5.82 Å². The first-order valence-corrected chi connectivity index (χ1v) is 8.62. The second-order valence-corrected chi connectivity index (χ2v) is 6.39. The van der Waals surface area contributed by atoms with Crippen LogP contribution in [0.15, 0.2) is 48.8 Å². The highest BCUT2D eigenvalue weighted by atomic mass is 15.3. The van der Waals surface area contributed by atoms with Crippen LogP contribution in [-0.4, -0.2) is 37.0 Å². The molecule has 1 N–H and O–H groups in total. The molecular formula is C19H21N7. The van der Waals surface area contributed by atoms with Crippen molar-refractivity contribution in [2.75, 3.05) is 11.9 Å². The second kappa shape index (κ2) is 6.95. The molecule has 132 valence electrons. The third-order valence-electron chi connectivity index (χ3n) is 4.43. The minimum absolute atomic E-state index is 0.694. The Morgan fingerprint density at radius 2 is 1.92 bits per heavy atom. The highest BCUT2D eigenvalue weighted by Crippen LogP contribution is 2.24. The molecule has 0 saturated carbocycles. The molecule has 4 rings (SSSR count). The molecule has 0 saturated heterocycles. The highest BCUT2D eigenvalue weighted by molar-refractivity contribution is 5.86. The third kappa shape index (κ3) is 3.28. The number of aromatic amines is 1. The molecule has 7 nitrogen and oxygen atoms in total. The van der Waals surface area contributed by atoms with Gasteiger partial charge in [0.2, 0.25) is 0 Å². The quantitative estimate of drug-likeness (QED) is 0.580. The molecule has 0 atom stereocenters. The minimum atomic E-state index is 0.694. The van der Waals surface area contributed by atoms with Crippen molar-refractivity contribution in [3.8, 4) is 0 Å². The van der Waals surface area contributed by atoms with Crippen LogP contribution >= 0.6 is 0 Å². The zero-order chi connectivity index (χ0) is 17.9. The van der Waals surface area contributed by atoms with Gasteiger partial charge in [-0.2, -0.15) is 10.2 Å². The molecule has 0 spiro atoms. The van der Waals surface area contributed by atoms with E-state index in [1.54, 1.807) is 10.9 Å². The molecular weight excluding hydrogens is 326 g/mol. The first kappa shape index (κ1) is 16.3. The predicted molar refractivity (Wildman–Crippen MR) is 101 cm³/mol. The fourth-order valence-corrected chi connectivity index (χ4v) is 3.06. The molecule has 26 heavy (non-hydrogen) atoms. The van der Waals surface area contributed by atoms with Crippen LogP contribution in [0.5, 0.6) is 0 Å². The van der Waals surface area contributed by atoms with Crippen molar-refractivity contribution in [1.82, 2.24) is 29.9 Å². The molecule has 4 aromatic rings. The van der Waals surface area contributed by atoms with Crippen LogP contribution in [0.3, 0.4) is 0 Å². The number of fused-ring (bicyclic) bond motifs is 1. The summed E-state index contributed by atoms with van der Waals surface area (Å²) in [7, 11) is 3.94. The average molecular weight is 347 g/mol. The lowest BCUT2D eigenvalue weighted by Gasteiger charge is -2.18. The fraction of sp³-hybridized carbons (Fsp3) is 0.263. The average Bonchev–Trinajstić information content (AvgIpc) is 3.30. The molecule has 7 heteroatoms. The zero-order valence-electron chi connectivity index (χ0n) is 14.9. The van der Waals surface area contributed by atoms with E-state index in [0.717, 1.165) is 41.2 Å². The summed E-state index contributed by atoms with van der Waals surface area (Å²) in [6.45, 7) is 0.694. The van der Waals surface area contributed by atoms with Crippen LogP contribution in [0.25, 0.3) is 11.0 Å². The predicted octanol–water partition coefficient (Wildman–Crippen LogP) is 2.51. The highest BCUT2D eigenvalue weighted by Gasteiger charge is 2.15. The maximum atomic E-state index is 4.84. The van der Waals surface area contributed by atoms with Gasteiger partial charge in [-0.25, -0.2) is 9.97 Å². The third-order valence-corrected chi connectivity index (χ3v) is 4.43. The van der Waals surface area contributed by atoms with E-state index in [9.17, 15) is 0 Å². The van der Waals surface area contributed by atoms with Crippen LogP contribution in [0, 0.1) is 0 Å². The Morgan fingerprint density at radius 3 is 2.69 bits per heavy atom. The number of nitrogens with one attached hydrogen (secondary N) is 1. The van der Waals surface area contributed by atoms with Crippen LogP contribution in [0.2, 0.25) is 0 Å². The van der Waals surface area contributed by atoms with Gasteiger partial charge in [0, 0.05) is 26.7 Å². The van der Waals surface area contributed by atoms with Gasteiger partial charge in [0.1, 0.15) is 11.6 Å². The lowest BCUT2D eigenvalue weighted by atomic mass is 10.1. The Balaban J connectivity index is 1.64. The molecule has 0 radical (unpaired) electrons. The zero-order valence-corrected chi connectivity index (χ0v) is 14.9. The van der Waals surface area contributed by atoms with Crippen LogP contribution < -0.4 is 4.90 Å². The summed E-state index contributed by atoms with van der Waals surface area (Å²) in [4.78, 5) is 11.7. The maximum Gasteiger partial charge on any atom is 0.163 e. The van der Waals surface area contributed by atoms with Crippen molar-refractivity contribution in [2.24, 2.45) is 7.05 Å². The van der Waals surface area contributed by atoms with Crippen LogP contribution in [0.1, 0.15) is 17.1 Å². The van der Waals surface area contributed by atoms with Gasteiger partial charge >= 0.3 is 0 Å². The summed E-state index contributed by atoms with van der Waals surface area (Å²) in [6, 6.07) is 12.4. The summed E-state index contributed by atoms with van der Waals surface area (Å²) in [5, 5.41) is 12.3. The molecule has 0 aliphatic rings. The minimum Gasteiger partial charge on any atom is -0.353 e. The number of nitrogens with zero attached hydrogens (tertiary/aromatic N) is 6. The monoisotopic (exact) mass is 347 g/mol. The van der Waals surface area contributed by atoms with E-state index in [4.69, 9.17) is 9.97 Å². The number of aryl methyl sites for hydroxylation is 3. The molecule has 0 unspecified atom stereocenters. The number of anilines is 1. The van der Waals surface area contributed by atoms with Crippen molar-refractivity contribution < 1.29 is 0 Å². The lowest BCUT2D eigenvalue weighted by Crippen LogP contribution is -2.19. The summed E-state index contributed by atoms with van der Waals surface area (Å²) in [5.74, 6) is 1.72. The second-order valence-electron chi connectivity index (χ2n) is 6.39. The number of hydrogen-bond donors (Lipinski definition) is 1. The van der Waals surface area contributed by atoms with E-state index in [-0.39, 0.29) is 0 Å². The molecule has 0 aliphatic heterocycles. The van der Waals surface area contributed by atoms with Gasteiger partial charge in [0.25, 0.3) is 0 Å². The van der Waals surface area contributed by atoms with Gasteiger partial charge in [-0.1, -0.05) is 30.3 Å². The van der Waals surface area contributed by atoms with Gasteiger partial charge in [-0.15, -0.1) is 0 Å². The SMILES string of the molecule is CN(Cc1ccn[nH]1)c1nc(CCc2ccccc2)nc2c1cnn2C. The number of benzene rings is 1. The lowest BCUT2D eigenvalue weighted by molar-refractivity contribution is 0.772. The summed E-state index contributed by atoms with van der Waals surface area (Å²) in [5.41, 5.74) is 3.18. The van der Waals surface area contributed by atoms with E-state index in [2.05, 4.69) is 44.5 Å². The number of H-pyrrole nitrogens is 1. The normalized spacial score (nSPS) is 11.2. The Bertz CT molecular complexity index is 990. The first-order chi connectivity index (χ1) is 12.7. The summed E-state index contributed by atoms with van der Waals surface area (Å²) < 4.78 is 1.80. The van der Waals surface area contributed by atoms with Gasteiger partial charge in [0.15, 0.2) is 5.65 Å². The van der Waals surface area contributed by atoms with Gasteiger partial charge < -0.3 is 4.90 Å². The maximum absolute atomic E-state index is 4.84. The molecule has 0 amide bonds. The Hall–Kier alpha value is -3.22. The van der Waals surface area contributed by atoms with Crippen molar-refractivity contribution in [3.05, 3.63) is 65.9 Å². The number of aromatic nitrogens is 6. The molecule has 0 fully saturated rings. The number of rotatable bonds is 6. The summed E-state index contributed by atoms with van der Waals surface area (Å²) in [6.07, 6.45) is 5.28. The Morgan fingerprint density at radius 1 is 1.08 bits per heavy atom. The van der Waals surface area contributed by atoms with Crippen molar-refractivity contribution in [2.45, 2.75) is 19.4 Å². The fourth-order valence-electron chi connectivity index (χ4n) is 3.06. The van der Waals surface area contributed by atoms with Gasteiger partial charge in [0.05, 0.1) is 23.8 Å². The van der Waals surface area contributed by atoms with Crippen LogP contribution in [-0.2, 0) is 26.4 Å². The summed E-state index contributed by atoms with van der Waals surface area (Å²) >= 11 is 0.